The van der Waals surface area contributed by atoms with Crippen molar-refractivity contribution >= 4 is 5.91 Å². The Hall–Kier alpha value is -0.790. The molecule has 0 atom stereocenters. The zero-order valence-corrected chi connectivity index (χ0v) is 16.7. The lowest BCUT2D eigenvalue weighted by Crippen LogP contribution is -2.29. The maximum atomic E-state index is 11.5. The highest BCUT2D eigenvalue weighted by molar-refractivity contribution is 5.76. The molecular formula is C22H43NO. The lowest BCUT2D eigenvalue weighted by Gasteiger charge is -2.07. The number of hydrogen-bond acceptors (Lipinski definition) is 1. The molecule has 0 radical (unpaired) electrons. The van der Waals surface area contributed by atoms with Crippen molar-refractivity contribution in [3.8, 4) is 0 Å². The number of nitrogens with one attached hydrogen (secondary N) is 1. The molecule has 0 spiro atoms. The first-order chi connectivity index (χ1) is 11.7. The third kappa shape index (κ3) is 19.3. The summed E-state index contributed by atoms with van der Waals surface area (Å²) in [6.07, 6.45) is 23.8. The summed E-state index contributed by atoms with van der Waals surface area (Å²) < 4.78 is 0. The zero-order valence-electron chi connectivity index (χ0n) is 16.7. The Kier molecular flexibility index (Phi) is 17.9. The molecule has 0 aliphatic carbocycles. The number of unbranched alkanes of at least 4 members (excludes halogenated alkanes) is 12. The third-order valence-corrected chi connectivity index (χ3v) is 4.37. The first-order valence-corrected chi connectivity index (χ1v) is 10.6. The van der Waals surface area contributed by atoms with Gasteiger partial charge >= 0.3 is 0 Å². The number of allylic oxidation sites excluding steroid dienone is 2. The van der Waals surface area contributed by atoms with Crippen LogP contribution in [0.3, 0.4) is 0 Å². The average molecular weight is 338 g/mol. The minimum absolute atomic E-state index is 0.209. The SMILES string of the molecule is CCCCCCCC/C=C/CCCCCCCCC(=O)NC(C)C. The maximum absolute atomic E-state index is 11.5. The Bertz CT molecular complexity index is 296. The molecule has 0 saturated carbocycles. The summed E-state index contributed by atoms with van der Waals surface area (Å²) in [6.45, 7) is 6.30. The van der Waals surface area contributed by atoms with Crippen LogP contribution in [0.4, 0.5) is 0 Å². The van der Waals surface area contributed by atoms with Gasteiger partial charge in [-0.15, -0.1) is 0 Å². The van der Waals surface area contributed by atoms with Crippen LogP contribution < -0.4 is 5.32 Å². The van der Waals surface area contributed by atoms with E-state index in [1.807, 2.05) is 13.8 Å². The fourth-order valence-corrected chi connectivity index (χ4v) is 2.93. The molecule has 0 bridgehead atoms. The Morgan fingerprint density at radius 3 is 1.71 bits per heavy atom. The number of carbonyl (C=O) groups is 1. The lowest BCUT2D eigenvalue weighted by molar-refractivity contribution is -0.121. The molecule has 0 rings (SSSR count). The van der Waals surface area contributed by atoms with Crippen LogP contribution in [-0.4, -0.2) is 11.9 Å². The van der Waals surface area contributed by atoms with Gasteiger partial charge in [0.2, 0.25) is 5.91 Å². The smallest absolute Gasteiger partial charge is 0.220 e. The second kappa shape index (κ2) is 18.5. The van der Waals surface area contributed by atoms with E-state index in [0.29, 0.717) is 6.42 Å². The lowest BCUT2D eigenvalue weighted by atomic mass is 10.1. The number of rotatable bonds is 17. The Labute approximate surface area is 151 Å². The van der Waals surface area contributed by atoms with E-state index in [0.717, 1.165) is 6.42 Å². The van der Waals surface area contributed by atoms with Crippen LogP contribution in [0.15, 0.2) is 12.2 Å². The standard InChI is InChI=1S/C22H43NO/c1-4-5-6-7-8-9-10-11-12-13-14-15-16-17-18-19-20-22(24)23-21(2)3/h11-12,21H,4-10,13-20H2,1-3H3,(H,23,24)/b12-11+. The first-order valence-electron chi connectivity index (χ1n) is 10.6. The number of hydrogen-bond donors (Lipinski definition) is 1. The van der Waals surface area contributed by atoms with E-state index >= 15 is 0 Å². The zero-order chi connectivity index (χ0) is 17.9. The molecule has 0 aliphatic heterocycles. The van der Waals surface area contributed by atoms with Crippen LogP contribution >= 0.6 is 0 Å². The van der Waals surface area contributed by atoms with Crippen LogP contribution in [0.25, 0.3) is 0 Å². The van der Waals surface area contributed by atoms with Crippen molar-refractivity contribution in [2.45, 2.75) is 123 Å². The topological polar surface area (TPSA) is 29.1 Å². The molecule has 1 amide bonds. The molecule has 0 aromatic rings. The van der Waals surface area contributed by atoms with Gasteiger partial charge in [0.05, 0.1) is 0 Å². The van der Waals surface area contributed by atoms with Crippen molar-refractivity contribution in [2.24, 2.45) is 0 Å². The number of amides is 1. The van der Waals surface area contributed by atoms with E-state index in [4.69, 9.17) is 0 Å². The van der Waals surface area contributed by atoms with Gasteiger partial charge in [0.15, 0.2) is 0 Å². The van der Waals surface area contributed by atoms with Gasteiger partial charge in [-0.3, -0.25) is 4.79 Å². The van der Waals surface area contributed by atoms with E-state index in [9.17, 15) is 4.79 Å². The summed E-state index contributed by atoms with van der Waals surface area (Å²) in [6, 6.07) is 0.270. The van der Waals surface area contributed by atoms with E-state index in [1.54, 1.807) is 0 Å². The molecule has 142 valence electrons. The fourth-order valence-electron chi connectivity index (χ4n) is 2.93. The Morgan fingerprint density at radius 2 is 1.21 bits per heavy atom. The van der Waals surface area contributed by atoms with Crippen molar-refractivity contribution in [3.05, 3.63) is 12.2 Å². The second-order valence-corrected chi connectivity index (χ2v) is 7.41. The van der Waals surface area contributed by atoms with Crippen LogP contribution in [0, 0.1) is 0 Å². The maximum Gasteiger partial charge on any atom is 0.220 e. The van der Waals surface area contributed by atoms with E-state index in [2.05, 4.69) is 24.4 Å². The third-order valence-electron chi connectivity index (χ3n) is 4.37. The Morgan fingerprint density at radius 1 is 0.750 bits per heavy atom. The van der Waals surface area contributed by atoms with Gasteiger partial charge in [-0.05, 0) is 46.0 Å². The van der Waals surface area contributed by atoms with Gasteiger partial charge in [0.25, 0.3) is 0 Å². The van der Waals surface area contributed by atoms with Crippen LogP contribution in [0.5, 0.6) is 0 Å². The summed E-state index contributed by atoms with van der Waals surface area (Å²) in [7, 11) is 0. The largest absolute Gasteiger partial charge is 0.354 e. The van der Waals surface area contributed by atoms with Crippen molar-refractivity contribution in [1.82, 2.24) is 5.32 Å². The van der Waals surface area contributed by atoms with E-state index < -0.39 is 0 Å². The van der Waals surface area contributed by atoms with Gasteiger partial charge in [-0.2, -0.15) is 0 Å². The predicted molar refractivity (Wildman–Crippen MR) is 107 cm³/mol. The van der Waals surface area contributed by atoms with Gasteiger partial charge in [-0.25, -0.2) is 0 Å². The van der Waals surface area contributed by atoms with Gasteiger partial charge in [-0.1, -0.05) is 76.9 Å². The summed E-state index contributed by atoms with van der Waals surface area (Å²) in [5.41, 5.74) is 0. The molecule has 0 unspecified atom stereocenters. The minimum Gasteiger partial charge on any atom is -0.354 e. The summed E-state index contributed by atoms with van der Waals surface area (Å²) in [4.78, 5) is 11.5. The highest BCUT2D eigenvalue weighted by Crippen LogP contribution is 2.10. The highest BCUT2D eigenvalue weighted by Gasteiger charge is 2.02. The summed E-state index contributed by atoms with van der Waals surface area (Å²) in [5.74, 6) is 0.209. The normalized spacial score (nSPS) is 11.5. The van der Waals surface area contributed by atoms with Gasteiger partial charge in [0, 0.05) is 12.5 Å². The molecule has 0 heterocycles. The predicted octanol–water partition coefficient (Wildman–Crippen LogP) is 6.94. The molecule has 24 heavy (non-hydrogen) atoms. The van der Waals surface area contributed by atoms with Crippen LogP contribution in [0.1, 0.15) is 117 Å². The molecule has 0 aromatic carbocycles. The van der Waals surface area contributed by atoms with Crippen LogP contribution in [-0.2, 0) is 4.79 Å². The minimum atomic E-state index is 0.209. The van der Waals surface area contributed by atoms with Gasteiger partial charge < -0.3 is 5.32 Å². The molecule has 0 saturated heterocycles. The second-order valence-electron chi connectivity index (χ2n) is 7.41. The number of carbonyl (C=O) groups excluding carboxylic acids is 1. The molecule has 0 fully saturated rings. The van der Waals surface area contributed by atoms with Crippen molar-refractivity contribution in [3.63, 3.8) is 0 Å². The van der Waals surface area contributed by atoms with Crippen molar-refractivity contribution in [1.29, 1.82) is 0 Å². The van der Waals surface area contributed by atoms with Gasteiger partial charge in [0.1, 0.15) is 0 Å². The molecular weight excluding hydrogens is 294 g/mol. The molecule has 0 aliphatic rings. The fraction of sp³-hybridized carbons (Fsp3) is 0.864. The molecule has 0 aromatic heterocycles. The van der Waals surface area contributed by atoms with Crippen molar-refractivity contribution < 1.29 is 4.79 Å². The molecule has 2 nitrogen and oxygen atoms in total. The van der Waals surface area contributed by atoms with Crippen molar-refractivity contribution in [2.75, 3.05) is 0 Å². The highest BCUT2D eigenvalue weighted by atomic mass is 16.1. The van der Waals surface area contributed by atoms with E-state index in [1.165, 1.54) is 83.5 Å². The average Bonchev–Trinajstić information content (AvgIpc) is 2.53. The quantitative estimate of drug-likeness (QED) is 0.226. The summed E-state index contributed by atoms with van der Waals surface area (Å²) in [5, 5.41) is 2.95. The molecule has 1 N–H and O–H groups in total. The van der Waals surface area contributed by atoms with E-state index in [-0.39, 0.29) is 11.9 Å². The molecule has 2 heteroatoms. The van der Waals surface area contributed by atoms with Crippen LogP contribution in [0.2, 0.25) is 0 Å². The first kappa shape index (κ1) is 23.2. The summed E-state index contributed by atoms with van der Waals surface area (Å²) >= 11 is 0. The monoisotopic (exact) mass is 337 g/mol. The Balaban J connectivity index is 3.16.